The fraction of sp³-hybridized carbons (Fsp3) is 0.389. The number of nitrogens with one attached hydrogen (secondary N) is 1. The molecule has 1 saturated carbocycles. The quantitative estimate of drug-likeness (QED) is 0.593. The fourth-order valence-electron chi connectivity index (χ4n) is 3.47. The molecule has 0 amide bonds. The second kappa shape index (κ2) is 7.79. The molecule has 2 aromatic heterocycles. The van der Waals surface area contributed by atoms with Crippen molar-refractivity contribution < 1.29 is 23.0 Å². The van der Waals surface area contributed by atoms with E-state index in [4.69, 9.17) is 0 Å². The van der Waals surface area contributed by atoms with E-state index in [9.17, 15) is 18.3 Å². The Hall–Kier alpha value is -2.40. The molecule has 154 valence electrons. The van der Waals surface area contributed by atoms with Crippen molar-refractivity contribution in [2.45, 2.75) is 44.2 Å². The molecular weight excluding hydrogens is 455 g/mol. The number of alkyl halides is 3. The first-order valence-corrected chi connectivity index (χ1v) is 9.80. The zero-order chi connectivity index (χ0) is 20.6. The molecule has 7 nitrogen and oxygen atoms in total. The average molecular weight is 472 g/mol. The third-order valence-corrected chi connectivity index (χ3v) is 5.32. The van der Waals surface area contributed by atoms with E-state index in [0.29, 0.717) is 22.4 Å². The lowest BCUT2D eigenvalue weighted by Gasteiger charge is -2.28. The third-order valence-electron chi connectivity index (χ3n) is 4.82. The maximum atomic E-state index is 12.9. The average Bonchev–Trinajstić information content (AvgIpc) is 3.13. The van der Waals surface area contributed by atoms with Gasteiger partial charge in [0, 0.05) is 10.0 Å². The van der Waals surface area contributed by atoms with Crippen molar-refractivity contribution in [2.75, 3.05) is 5.32 Å². The van der Waals surface area contributed by atoms with Crippen molar-refractivity contribution in [2.24, 2.45) is 0 Å². The largest absolute Gasteiger partial charge is 0.573 e. The summed E-state index contributed by atoms with van der Waals surface area (Å²) in [6.45, 7) is 0. The Morgan fingerprint density at radius 1 is 1.21 bits per heavy atom. The molecular formula is C18H17BrF3N5O2. The van der Waals surface area contributed by atoms with Crippen molar-refractivity contribution in [1.82, 2.24) is 19.6 Å². The van der Waals surface area contributed by atoms with Gasteiger partial charge in [0.1, 0.15) is 17.8 Å². The number of rotatable bonds is 4. The summed E-state index contributed by atoms with van der Waals surface area (Å²) < 4.78 is 44.8. The van der Waals surface area contributed by atoms with E-state index in [-0.39, 0.29) is 17.3 Å². The van der Waals surface area contributed by atoms with E-state index >= 15 is 0 Å². The van der Waals surface area contributed by atoms with Gasteiger partial charge in [0.05, 0.1) is 23.9 Å². The number of anilines is 1. The summed E-state index contributed by atoms with van der Waals surface area (Å²) in [5, 5.41) is 21.7. The van der Waals surface area contributed by atoms with Gasteiger partial charge in [-0.1, -0.05) is 28.8 Å². The highest BCUT2D eigenvalue weighted by molar-refractivity contribution is 9.10. The molecule has 0 unspecified atom stereocenters. The number of nitrogens with zero attached hydrogens (tertiary/aromatic N) is 4. The molecule has 11 heteroatoms. The zero-order valence-electron chi connectivity index (χ0n) is 15.0. The van der Waals surface area contributed by atoms with Crippen LogP contribution in [0.15, 0.2) is 35.2 Å². The summed E-state index contributed by atoms with van der Waals surface area (Å²) >= 11 is 3.16. The van der Waals surface area contributed by atoms with Crippen LogP contribution in [-0.4, -0.2) is 43.2 Å². The van der Waals surface area contributed by atoms with Crippen molar-refractivity contribution in [3.05, 3.63) is 35.2 Å². The van der Waals surface area contributed by atoms with Crippen LogP contribution in [0.4, 0.5) is 19.1 Å². The lowest BCUT2D eigenvalue weighted by molar-refractivity contribution is -0.274. The molecule has 4 rings (SSSR count). The summed E-state index contributed by atoms with van der Waals surface area (Å²) in [5.74, 6) is -0.0321. The number of hydrogen-bond acceptors (Lipinski definition) is 6. The Kier molecular flexibility index (Phi) is 5.34. The highest BCUT2D eigenvalue weighted by Gasteiger charge is 2.33. The van der Waals surface area contributed by atoms with Crippen LogP contribution in [0.25, 0.3) is 16.8 Å². The van der Waals surface area contributed by atoms with Crippen molar-refractivity contribution in [1.29, 1.82) is 0 Å². The molecule has 2 heterocycles. The number of halogens is 4. The number of aliphatic hydroxyl groups excluding tert-OH is 1. The second-order valence-corrected chi connectivity index (χ2v) is 7.73. The third kappa shape index (κ3) is 4.30. The second-order valence-electron chi connectivity index (χ2n) is 6.81. The Balaban J connectivity index is 1.74. The minimum atomic E-state index is -4.85. The maximum Gasteiger partial charge on any atom is 0.573 e. The minimum absolute atomic E-state index is 0.132. The van der Waals surface area contributed by atoms with E-state index in [0.717, 1.165) is 19.3 Å². The van der Waals surface area contributed by atoms with E-state index in [1.54, 1.807) is 10.5 Å². The number of ether oxygens (including phenoxy) is 1. The van der Waals surface area contributed by atoms with Crippen molar-refractivity contribution in [3.8, 4) is 17.0 Å². The number of fused-ring (bicyclic) bond motifs is 1. The summed E-state index contributed by atoms with van der Waals surface area (Å²) in [6, 6.07) is 4.12. The van der Waals surface area contributed by atoms with Gasteiger partial charge in [0.2, 0.25) is 5.95 Å². The van der Waals surface area contributed by atoms with Crippen LogP contribution in [-0.2, 0) is 0 Å². The number of aromatic nitrogens is 4. The number of imidazole rings is 1. The van der Waals surface area contributed by atoms with Crippen LogP contribution in [0.5, 0.6) is 5.75 Å². The zero-order valence-corrected chi connectivity index (χ0v) is 16.6. The van der Waals surface area contributed by atoms with Crippen LogP contribution >= 0.6 is 15.9 Å². The molecule has 0 aliphatic heterocycles. The van der Waals surface area contributed by atoms with Crippen LogP contribution in [0, 0.1) is 0 Å². The van der Waals surface area contributed by atoms with Gasteiger partial charge in [-0.05, 0) is 31.0 Å². The molecule has 0 bridgehead atoms. The van der Waals surface area contributed by atoms with Gasteiger partial charge in [0.25, 0.3) is 0 Å². The Labute approximate surface area is 172 Å². The number of aliphatic hydroxyl groups is 1. The van der Waals surface area contributed by atoms with Gasteiger partial charge < -0.3 is 15.2 Å². The first kappa shape index (κ1) is 19.9. The van der Waals surface area contributed by atoms with Gasteiger partial charge >= 0.3 is 6.36 Å². The molecule has 2 atom stereocenters. The van der Waals surface area contributed by atoms with Crippen LogP contribution in [0.1, 0.15) is 25.7 Å². The van der Waals surface area contributed by atoms with Gasteiger partial charge in [-0.15, -0.1) is 23.4 Å². The lowest BCUT2D eigenvalue weighted by atomic mass is 9.93. The molecule has 3 aromatic rings. The molecule has 0 radical (unpaired) electrons. The Morgan fingerprint density at radius 2 is 2.00 bits per heavy atom. The van der Waals surface area contributed by atoms with E-state index in [1.165, 1.54) is 24.7 Å². The summed E-state index contributed by atoms with van der Waals surface area (Å²) in [7, 11) is 0. The topological polar surface area (TPSA) is 84.6 Å². The van der Waals surface area contributed by atoms with Gasteiger partial charge in [-0.25, -0.2) is 4.98 Å². The first-order valence-electron chi connectivity index (χ1n) is 9.01. The molecule has 0 spiro atoms. The maximum absolute atomic E-state index is 12.9. The molecule has 1 aliphatic rings. The van der Waals surface area contributed by atoms with Gasteiger partial charge in [-0.2, -0.15) is 0 Å². The minimum Gasteiger partial charge on any atom is -0.405 e. The highest BCUT2D eigenvalue weighted by Crippen LogP contribution is 2.37. The highest BCUT2D eigenvalue weighted by atomic mass is 79.9. The predicted molar refractivity (Wildman–Crippen MR) is 102 cm³/mol. The number of hydrogen-bond donors (Lipinski definition) is 2. The summed E-state index contributed by atoms with van der Waals surface area (Å²) in [5.41, 5.74) is 0.791. The predicted octanol–water partition coefficient (Wildman–Crippen LogP) is 4.17. The molecule has 1 fully saturated rings. The smallest absolute Gasteiger partial charge is 0.405 e. The van der Waals surface area contributed by atoms with Crippen LogP contribution in [0.3, 0.4) is 0 Å². The van der Waals surface area contributed by atoms with E-state index in [2.05, 4.69) is 41.2 Å². The normalized spacial score (nSPS) is 20.0. The van der Waals surface area contributed by atoms with E-state index in [1.807, 2.05) is 0 Å². The van der Waals surface area contributed by atoms with Crippen LogP contribution in [0.2, 0.25) is 0 Å². The molecule has 1 aromatic carbocycles. The van der Waals surface area contributed by atoms with Gasteiger partial charge in [0.15, 0.2) is 0 Å². The Bertz CT molecular complexity index is 1030. The SMILES string of the molecule is O[C@@H]1CCCC[C@H]1Nc1nnc(-c2ccc(Br)cc2OC(F)(F)F)c2cncn12. The Morgan fingerprint density at radius 3 is 2.76 bits per heavy atom. The number of benzene rings is 1. The van der Waals surface area contributed by atoms with Crippen molar-refractivity contribution in [3.63, 3.8) is 0 Å². The summed E-state index contributed by atoms with van der Waals surface area (Å²) in [6.07, 6.45) is 1.09. The summed E-state index contributed by atoms with van der Waals surface area (Å²) in [4.78, 5) is 4.09. The molecule has 29 heavy (non-hydrogen) atoms. The van der Waals surface area contributed by atoms with E-state index < -0.39 is 18.2 Å². The molecule has 2 N–H and O–H groups in total. The molecule has 1 aliphatic carbocycles. The fourth-order valence-corrected chi connectivity index (χ4v) is 3.81. The monoisotopic (exact) mass is 471 g/mol. The molecule has 0 saturated heterocycles. The first-order chi connectivity index (χ1) is 13.8. The standard InChI is InChI=1S/C18H17BrF3N5O2/c19-10-5-6-11(15(7-10)29-18(20,21)22)16-13-8-23-9-27(13)17(26-25-16)24-12-3-1-2-4-14(12)28/h5-9,12,14,28H,1-4H2,(H,24,26)/t12-,14-/m1/s1. The van der Waals surface area contributed by atoms with Gasteiger partial charge in [-0.3, -0.25) is 4.40 Å². The lowest BCUT2D eigenvalue weighted by Crippen LogP contribution is -2.37. The van der Waals surface area contributed by atoms with Crippen LogP contribution < -0.4 is 10.1 Å². The van der Waals surface area contributed by atoms with Crippen molar-refractivity contribution >= 4 is 27.4 Å².